The summed E-state index contributed by atoms with van der Waals surface area (Å²) in [5, 5.41) is 30.1. The van der Waals surface area contributed by atoms with Gasteiger partial charge >= 0.3 is 0 Å². The second kappa shape index (κ2) is 25.6. The first-order valence-electron chi connectivity index (χ1n) is 30.9. The Kier molecular flexibility index (Phi) is 20.2. The largest absolute Gasteiger partial charge is 0.386 e. The smallest absolute Gasteiger partial charge is 0.155 e. The Morgan fingerprint density at radius 3 is 1.49 bits per heavy atom. The van der Waals surface area contributed by atoms with Gasteiger partial charge in [0.05, 0.1) is 5.60 Å². The minimum Gasteiger partial charge on any atom is -0.386 e. The van der Waals surface area contributed by atoms with Crippen molar-refractivity contribution in [2.45, 2.75) is 219 Å². The molecule has 17 atom stereocenters. The number of aliphatic hydroxyl groups is 3. The molecule has 0 aliphatic heterocycles. The lowest BCUT2D eigenvalue weighted by Crippen LogP contribution is -2.52. The third-order valence-corrected chi connectivity index (χ3v) is 23.1. The minimum absolute atomic E-state index is 0.103. The maximum absolute atomic E-state index is 11.7. The number of rotatable bonds is 4. The van der Waals surface area contributed by atoms with Crippen LogP contribution in [-0.4, -0.2) is 43.7 Å². The van der Waals surface area contributed by atoms with Crippen molar-refractivity contribution in [3.63, 3.8) is 0 Å². The summed E-state index contributed by atoms with van der Waals surface area (Å²) >= 11 is 0. The molecule has 0 aromatic heterocycles. The van der Waals surface area contributed by atoms with E-state index in [1.807, 2.05) is 31.2 Å². The van der Waals surface area contributed by atoms with E-state index in [4.69, 9.17) is 12.8 Å². The number of ketones is 2. The molecule has 5 heteroatoms. The number of terminal acetylenes is 2. The molecule has 0 saturated heterocycles. The van der Waals surface area contributed by atoms with Gasteiger partial charge in [-0.1, -0.05) is 127 Å². The molecule has 0 aromatic rings. The van der Waals surface area contributed by atoms with E-state index >= 15 is 0 Å². The molecule has 0 aromatic carbocycles. The van der Waals surface area contributed by atoms with E-state index in [9.17, 15) is 24.9 Å². The van der Waals surface area contributed by atoms with Crippen LogP contribution in [0.4, 0.5) is 0 Å². The topological polar surface area (TPSA) is 94.8 Å². The van der Waals surface area contributed by atoms with Crippen molar-refractivity contribution in [1.82, 2.24) is 0 Å². The van der Waals surface area contributed by atoms with E-state index in [1.54, 1.807) is 6.08 Å². The molecule has 3 N–H and O–H groups in total. The number of carbonyl (C=O) groups excluding carboxylic acids is 2. The van der Waals surface area contributed by atoms with E-state index in [-0.39, 0.29) is 5.41 Å². The highest BCUT2D eigenvalue weighted by atomic mass is 16.3. The zero-order valence-corrected chi connectivity index (χ0v) is 48.9. The van der Waals surface area contributed by atoms with Gasteiger partial charge in [0.1, 0.15) is 11.2 Å². The Morgan fingerprint density at radius 1 is 0.558 bits per heavy atom. The van der Waals surface area contributed by atoms with E-state index in [2.05, 4.69) is 97.1 Å². The molecule has 12 aliphatic rings. The van der Waals surface area contributed by atoms with E-state index in [0.717, 1.165) is 132 Å². The molecule has 0 bridgehead atoms. The van der Waals surface area contributed by atoms with Crippen LogP contribution >= 0.6 is 0 Å². The van der Waals surface area contributed by atoms with Crippen molar-refractivity contribution in [3.8, 4) is 24.7 Å². The van der Waals surface area contributed by atoms with Gasteiger partial charge in [-0.3, -0.25) is 9.59 Å². The van der Waals surface area contributed by atoms with Gasteiger partial charge in [0.2, 0.25) is 0 Å². The molecule has 12 rings (SSSR count). The van der Waals surface area contributed by atoms with Gasteiger partial charge in [0.25, 0.3) is 0 Å². The normalized spacial score (nSPS) is 42.5. The SMILES string of the molecule is C#C[C@]1(O)CCC2C3CCC4=CC(=O)CC[C@@H]4C3CC[C@@]21C.C#C[C@]1(O)CCC[C@H]1C.C=CC1=CCC2C3CCC4=CC(=O)CC[C@@H]4C3CC[C@]12C.C=CC1=CCC[C@H]1C.C=CC1=CCC[C@H]1C.C=C[C@]1(O)CCC[C@H]1C. The average Bonchev–Trinajstić information content (AvgIpc) is 4.38. The monoisotopic (exact) mass is 1050 g/mol. The average molecular weight is 1050 g/mol. The Balaban J connectivity index is 0.000000143. The molecule has 6 unspecified atom stereocenters. The predicted octanol–water partition coefficient (Wildman–Crippen LogP) is 16.3. The molecular formula is C72H102O5. The lowest BCUT2D eigenvalue weighted by molar-refractivity contribution is -0.117. The third kappa shape index (κ3) is 12.7. The Hall–Kier alpha value is -4.00. The van der Waals surface area contributed by atoms with Gasteiger partial charge in [-0.2, -0.15) is 0 Å². The number of allylic oxidation sites excluding steroid dienone is 12. The summed E-state index contributed by atoms with van der Waals surface area (Å²) in [5.74, 6) is 14.0. The quantitative estimate of drug-likeness (QED) is 0.193. The Labute approximate surface area is 468 Å². The maximum atomic E-state index is 11.7. The maximum Gasteiger partial charge on any atom is 0.155 e. The summed E-state index contributed by atoms with van der Waals surface area (Å²) in [5.41, 5.74) is 5.35. The van der Waals surface area contributed by atoms with Gasteiger partial charge in [-0.15, -0.1) is 19.4 Å². The summed E-state index contributed by atoms with van der Waals surface area (Å²) in [6, 6.07) is 0. The first-order valence-corrected chi connectivity index (χ1v) is 30.9. The molecular weight excluding hydrogens is 945 g/mol. The third-order valence-electron chi connectivity index (χ3n) is 23.1. The molecule has 7 saturated carbocycles. The lowest BCUT2D eigenvalue weighted by atomic mass is 9.50. The lowest BCUT2D eigenvalue weighted by Gasteiger charge is -2.54. The fourth-order valence-corrected chi connectivity index (χ4v) is 17.7. The molecule has 0 amide bonds. The van der Waals surface area contributed by atoms with Crippen molar-refractivity contribution in [2.24, 2.45) is 81.8 Å². The molecule has 0 radical (unpaired) electrons. The van der Waals surface area contributed by atoms with Crippen molar-refractivity contribution in [2.75, 3.05) is 0 Å². The van der Waals surface area contributed by atoms with Crippen molar-refractivity contribution < 1.29 is 24.9 Å². The summed E-state index contributed by atoms with van der Waals surface area (Å²) in [6.45, 7) is 28.4. The number of carbonyl (C=O) groups is 2. The molecule has 0 heterocycles. The van der Waals surface area contributed by atoms with Gasteiger partial charge in [0, 0.05) is 18.3 Å². The molecule has 0 spiro atoms. The van der Waals surface area contributed by atoms with Crippen LogP contribution < -0.4 is 0 Å². The fraction of sp³-hybridized carbons (Fsp3) is 0.667. The minimum atomic E-state index is -0.902. The van der Waals surface area contributed by atoms with Crippen molar-refractivity contribution in [1.29, 1.82) is 0 Å². The first kappa shape index (κ1) is 60.6. The highest BCUT2D eigenvalue weighted by Gasteiger charge is 2.62. The zero-order valence-electron chi connectivity index (χ0n) is 48.9. The first-order chi connectivity index (χ1) is 36.7. The van der Waals surface area contributed by atoms with Crippen LogP contribution in [0, 0.1) is 107 Å². The summed E-state index contributed by atoms with van der Waals surface area (Å²) < 4.78 is 0. The van der Waals surface area contributed by atoms with Gasteiger partial charge in [-0.05, 0) is 253 Å². The van der Waals surface area contributed by atoms with Crippen LogP contribution in [0.5, 0.6) is 0 Å². The zero-order chi connectivity index (χ0) is 55.9. The van der Waals surface area contributed by atoms with Crippen LogP contribution in [0.25, 0.3) is 0 Å². The number of fused-ring (bicyclic) bond motifs is 10. The van der Waals surface area contributed by atoms with E-state index in [0.29, 0.717) is 52.5 Å². The molecule has 7 fully saturated rings. The van der Waals surface area contributed by atoms with Crippen LogP contribution in [0.15, 0.2) is 109 Å². The van der Waals surface area contributed by atoms with Gasteiger partial charge in [0.15, 0.2) is 11.6 Å². The summed E-state index contributed by atoms with van der Waals surface area (Å²) in [4.78, 5) is 23.4. The summed E-state index contributed by atoms with van der Waals surface area (Å²) in [6.07, 6.45) is 57.2. The molecule has 420 valence electrons. The number of hydrogen-bond acceptors (Lipinski definition) is 5. The summed E-state index contributed by atoms with van der Waals surface area (Å²) in [7, 11) is 0. The van der Waals surface area contributed by atoms with E-state index < -0.39 is 16.8 Å². The van der Waals surface area contributed by atoms with Crippen LogP contribution in [0.2, 0.25) is 0 Å². The van der Waals surface area contributed by atoms with Crippen LogP contribution in [-0.2, 0) is 9.59 Å². The second-order valence-corrected chi connectivity index (χ2v) is 26.8. The standard InChI is InChI=1S/C20H26O2.C20H26O.C8H14O.C8H12O.2C8H12/c1-3-20(22)11-9-18-17-6-4-13-12-14(21)5-7-15(13)16(17)8-10-19(18,20)2;1-3-14-5-9-19-18-7-4-13-12-15(21)6-8-16(13)17(18)10-11-20(14,19)2;2*1-3-8(9)6-4-5-7(8)2;2*1-3-8-6-4-5-7(8)2/h1,12,15-18,22H,4-11H2,2H3;3,5,12,16-19H,1,4,6-11H2,2H3;3,7,9H,1,4-6H2,2H3;1,7,9H,4-6H2,2H3;2*3,6-7H,1,4-5H2,2H3/t15-,16?,17?,18?,19-,20-;16-,17?,18?,19?,20+;2*7-,8+;2*7-/m001111/s1. The number of hydrogen-bond donors (Lipinski definition) is 3. The van der Waals surface area contributed by atoms with Crippen molar-refractivity contribution >= 4 is 11.6 Å². The second-order valence-electron chi connectivity index (χ2n) is 26.8. The van der Waals surface area contributed by atoms with E-state index in [1.165, 1.54) is 92.1 Å². The van der Waals surface area contributed by atoms with Crippen LogP contribution in [0.1, 0.15) is 202 Å². The highest BCUT2D eigenvalue weighted by Crippen LogP contribution is 2.65. The predicted molar refractivity (Wildman–Crippen MR) is 320 cm³/mol. The van der Waals surface area contributed by atoms with Crippen molar-refractivity contribution in [3.05, 3.63) is 109 Å². The Bertz CT molecular complexity index is 2400. The van der Waals surface area contributed by atoms with Gasteiger partial charge in [-0.25, -0.2) is 0 Å². The molecule has 12 aliphatic carbocycles. The molecule has 5 nitrogen and oxygen atoms in total. The van der Waals surface area contributed by atoms with Gasteiger partial charge < -0.3 is 15.3 Å². The Morgan fingerprint density at radius 2 is 1.09 bits per heavy atom. The highest BCUT2D eigenvalue weighted by molar-refractivity contribution is 5.91. The fourth-order valence-electron chi connectivity index (χ4n) is 17.7. The van der Waals surface area contributed by atoms with Crippen LogP contribution in [0.3, 0.4) is 0 Å². The molecule has 77 heavy (non-hydrogen) atoms.